The first-order valence-corrected chi connectivity index (χ1v) is 11.0. The largest absolute Gasteiger partial charge is 0.497 e. The van der Waals surface area contributed by atoms with Crippen LogP contribution in [0.25, 0.3) is 0 Å². The zero-order valence-corrected chi connectivity index (χ0v) is 18.9. The van der Waals surface area contributed by atoms with E-state index in [0.29, 0.717) is 12.5 Å². The lowest BCUT2D eigenvalue weighted by Crippen LogP contribution is -2.53. The number of allylic oxidation sites excluding steroid dienone is 1. The first-order valence-electron chi connectivity index (χ1n) is 11.0. The van der Waals surface area contributed by atoms with Crippen LogP contribution in [0.4, 0.5) is 0 Å². The first kappa shape index (κ1) is 22.3. The van der Waals surface area contributed by atoms with Gasteiger partial charge in [0.1, 0.15) is 11.4 Å². The van der Waals surface area contributed by atoms with Gasteiger partial charge in [-0.2, -0.15) is 0 Å². The lowest BCUT2D eigenvalue weighted by atomic mass is 9.68. The highest BCUT2D eigenvalue weighted by atomic mass is 16.6. The maximum absolute atomic E-state index is 6.45. The van der Waals surface area contributed by atoms with Crippen LogP contribution in [0, 0.1) is 17.8 Å². The van der Waals surface area contributed by atoms with Crippen molar-refractivity contribution in [2.24, 2.45) is 17.8 Å². The van der Waals surface area contributed by atoms with Gasteiger partial charge in [0.25, 0.3) is 0 Å². The third kappa shape index (κ3) is 5.22. The van der Waals surface area contributed by atoms with Gasteiger partial charge in [0.2, 0.25) is 0 Å². The Balaban J connectivity index is 1.72. The third-order valence-corrected chi connectivity index (χ3v) is 6.54. The average molecular weight is 403 g/mol. The summed E-state index contributed by atoms with van der Waals surface area (Å²) < 4.78 is 23.8. The normalized spacial score (nSPS) is 32.0. The van der Waals surface area contributed by atoms with Crippen molar-refractivity contribution in [1.29, 1.82) is 0 Å². The first-order chi connectivity index (χ1) is 13.9. The molecule has 1 heterocycles. The molecule has 0 radical (unpaired) electrons. The standard InChI is InChI=1S/C25H38O4/c1-17(2)8-7-9-18(3)22-24(27-6)23(19(4)14-25(22)16-29-25)28-15-20-10-12-21(26-5)13-11-20/h9-13,17,19,22-24H,7-8,14-16H2,1-6H3/t19-,22-,23+,24-,25-/m0/s1. The maximum Gasteiger partial charge on any atom is 0.118 e. The Morgan fingerprint density at radius 3 is 2.45 bits per heavy atom. The van der Waals surface area contributed by atoms with Gasteiger partial charge in [-0.1, -0.05) is 44.6 Å². The van der Waals surface area contributed by atoms with E-state index in [1.807, 2.05) is 19.2 Å². The quantitative estimate of drug-likeness (QED) is 0.409. The van der Waals surface area contributed by atoms with E-state index in [1.54, 1.807) is 7.11 Å². The second-order valence-corrected chi connectivity index (χ2v) is 9.26. The minimum absolute atomic E-state index is 0.00907. The van der Waals surface area contributed by atoms with Crippen molar-refractivity contribution in [2.45, 2.75) is 71.4 Å². The van der Waals surface area contributed by atoms with E-state index in [9.17, 15) is 0 Å². The Hall–Kier alpha value is -1.36. The molecule has 1 aromatic rings. The monoisotopic (exact) mass is 402 g/mol. The molecule has 1 aliphatic carbocycles. The Morgan fingerprint density at radius 2 is 1.90 bits per heavy atom. The Morgan fingerprint density at radius 1 is 1.21 bits per heavy atom. The minimum Gasteiger partial charge on any atom is -0.497 e. The lowest BCUT2D eigenvalue weighted by molar-refractivity contribution is -0.142. The fraction of sp³-hybridized carbons (Fsp3) is 0.680. The number of hydrogen-bond donors (Lipinski definition) is 0. The van der Waals surface area contributed by atoms with Crippen LogP contribution in [0.2, 0.25) is 0 Å². The summed E-state index contributed by atoms with van der Waals surface area (Å²) in [6, 6.07) is 8.09. The van der Waals surface area contributed by atoms with Crippen molar-refractivity contribution in [3.63, 3.8) is 0 Å². The van der Waals surface area contributed by atoms with Gasteiger partial charge in [0, 0.05) is 13.0 Å². The van der Waals surface area contributed by atoms with Gasteiger partial charge in [0.05, 0.1) is 32.5 Å². The van der Waals surface area contributed by atoms with Gasteiger partial charge < -0.3 is 18.9 Å². The summed E-state index contributed by atoms with van der Waals surface area (Å²) in [5.41, 5.74) is 2.48. The smallest absolute Gasteiger partial charge is 0.118 e. The number of benzene rings is 1. The van der Waals surface area contributed by atoms with E-state index in [1.165, 1.54) is 12.0 Å². The van der Waals surface area contributed by atoms with Crippen LogP contribution >= 0.6 is 0 Å². The Bertz CT molecular complexity index is 675. The number of epoxide rings is 1. The van der Waals surface area contributed by atoms with Crippen molar-refractivity contribution in [3.8, 4) is 5.75 Å². The molecule has 0 N–H and O–H groups in total. The maximum atomic E-state index is 6.45. The van der Waals surface area contributed by atoms with Gasteiger partial charge in [-0.05, 0) is 55.7 Å². The summed E-state index contributed by atoms with van der Waals surface area (Å²) in [5.74, 6) is 2.23. The van der Waals surface area contributed by atoms with E-state index < -0.39 is 0 Å². The predicted molar refractivity (Wildman–Crippen MR) is 116 cm³/mol. The highest BCUT2D eigenvalue weighted by molar-refractivity contribution is 5.27. The summed E-state index contributed by atoms with van der Waals surface area (Å²) in [7, 11) is 3.50. The van der Waals surface area contributed by atoms with Crippen molar-refractivity contribution in [1.82, 2.24) is 0 Å². The number of hydrogen-bond acceptors (Lipinski definition) is 4. The van der Waals surface area contributed by atoms with Crippen LogP contribution < -0.4 is 4.74 Å². The minimum atomic E-state index is -0.0571. The van der Waals surface area contributed by atoms with Crippen molar-refractivity contribution >= 4 is 0 Å². The summed E-state index contributed by atoms with van der Waals surface area (Å²) in [6.07, 6.45) is 5.81. The van der Waals surface area contributed by atoms with Gasteiger partial charge in [-0.3, -0.25) is 0 Å². The van der Waals surface area contributed by atoms with Crippen molar-refractivity contribution in [2.75, 3.05) is 20.8 Å². The van der Waals surface area contributed by atoms with E-state index in [-0.39, 0.29) is 23.7 Å². The molecule has 1 aromatic carbocycles. The summed E-state index contributed by atoms with van der Waals surface area (Å²) >= 11 is 0. The van der Waals surface area contributed by atoms with Crippen LogP contribution in [-0.4, -0.2) is 38.6 Å². The van der Waals surface area contributed by atoms with E-state index in [0.717, 1.165) is 36.7 Å². The molecule has 2 fully saturated rings. The van der Waals surface area contributed by atoms with E-state index in [4.69, 9.17) is 18.9 Å². The molecular weight excluding hydrogens is 364 g/mol. The molecule has 3 rings (SSSR count). The molecule has 0 unspecified atom stereocenters. The molecule has 162 valence electrons. The number of methoxy groups -OCH3 is 2. The molecule has 0 amide bonds. The highest BCUT2D eigenvalue weighted by Gasteiger charge is 2.61. The van der Waals surface area contributed by atoms with Gasteiger partial charge in [-0.15, -0.1) is 0 Å². The fourth-order valence-corrected chi connectivity index (χ4v) is 4.88. The lowest BCUT2D eigenvalue weighted by Gasteiger charge is -2.45. The second-order valence-electron chi connectivity index (χ2n) is 9.26. The third-order valence-electron chi connectivity index (χ3n) is 6.54. The van der Waals surface area contributed by atoms with Crippen LogP contribution in [-0.2, 0) is 20.8 Å². The molecule has 2 aliphatic rings. The molecule has 0 bridgehead atoms. The summed E-state index contributed by atoms with van der Waals surface area (Å²) in [6.45, 7) is 10.5. The van der Waals surface area contributed by atoms with Crippen LogP contribution in [0.15, 0.2) is 35.9 Å². The molecule has 1 saturated carbocycles. The van der Waals surface area contributed by atoms with Crippen molar-refractivity contribution in [3.05, 3.63) is 41.5 Å². The molecule has 5 atom stereocenters. The number of rotatable bonds is 9. The van der Waals surface area contributed by atoms with Gasteiger partial charge >= 0.3 is 0 Å². The van der Waals surface area contributed by atoms with E-state index in [2.05, 4.69) is 45.9 Å². The SMILES string of the molecule is COc1ccc(CO[C@H]2[C@@H](OC)[C@H](C(C)=CCCC(C)C)[C@@]3(CO3)C[C@@H]2C)cc1. The van der Waals surface area contributed by atoms with Crippen molar-refractivity contribution < 1.29 is 18.9 Å². The Labute approximate surface area is 176 Å². The zero-order valence-electron chi connectivity index (χ0n) is 18.9. The average Bonchev–Trinajstić information content (AvgIpc) is 3.46. The topological polar surface area (TPSA) is 40.2 Å². The summed E-state index contributed by atoms with van der Waals surface area (Å²) in [4.78, 5) is 0. The van der Waals surface area contributed by atoms with Gasteiger partial charge in [-0.25, -0.2) is 0 Å². The molecule has 29 heavy (non-hydrogen) atoms. The fourth-order valence-electron chi connectivity index (χ4n) is 4.88. The predicted octanol–water partition coefficient (Wildman–Crippen LogP) is 5.40. The molecule has 1 aliphatic heterocycles. The Kier molecular flexibility index (Phi) is 7.42. The molecule has 0 aromatic heterocycles. The van der Waals surface area contributed by atoms with Crippen LogP contribution in [0.1, 0.15) is 52.5 Å². The number of ether oxygens (including phenoxy) is 4. The van der Waals surface area contributed by atoms with Crippen LogP contribution in [0.3, 0.4) is 0 Å². The van der Waals surface area contributed by atoms with E-state index >= 15 is 0 Å². The van der Waals surface area contributed by atoms with Gasteiger partial charge in [0.15, 0.2) is 0 Å². The molecular formula is C25H38O4. The molecule has 4 nitrogen and oxygen atoms in total. The summed E-state index contributed by atoms with van der Waals surface area (Å²) in [5, 5.41) is 0. The zero-order chi connectivity index (χ0) is 21.0. The molecule has 4 heteroatoms. The molecule has 1 spiro atoms. The second kappa shape index (κ2) is 9.63. The van der Waals surface area contributed by atoms with Crippen LogP contribution in [0.5, 0.6) is 5.75 Å². The molecule has 1 saturated heterocycles. The highest BCUT2D eigenvalue weighted by Crippen LogP contribution is 2.52.